The molecule has 1 fully saturated rings. The van der Waals surface area contributed by atoms with Gasteiger partial charge in [0.1, 0.15) is 5.76 Å². The molecule has 0 aliphatic carbocycles. The summed E-state index contributed by atoms with van der Waals surface area (Å²) in [6, 6.07) is 7.51. The Bertz CT molecular complexity index is 593. The minimum atomic E-state index is -4.60. The second-order valence-corrected chi connectivity index (χ2v) is 5.72. The molecule has 6 heteroatoms. The van der Waals surface area contributed by atoms with E-state index in [9.17, 15) is 18.0 Å². The average Bonchev–Trinajstić information content (AvgIpc) is 2.42. The van der Waals surface area contributed by atoms with Gasteiger partial charge in [-0.3, -0.25) is 0 Å². The summed E-state index contributed by atoms with van der Waals surface area (Å²) in [4.78, 5) is 11.6. The predicted octanol–water partition coefficient (Wildman–Crippen LogP) is 4.19. The van der Waals surface area contributed by atoms with Crippen LogP contribution in [0.25, 0.3) is 0 Å². The molecule has 0 bridgehead atoms. The van der Waals surface area contributed by atoms with Crippen LogP contribution in [0.2, 0.25) is 0 Å². The van der Waals surface area contributed by atoms with Gasteiger partial charge in [-0.25, -0.2) is 4.79 Å². The Morgan fingerprint density at radius 2 is 1.96 bits per heavy atom. The molecular weight excluding hydrogens is 309 g/mol. The molecule has 0 aromatic heterocycles. The molecule has 126 valence electrons. The maximum atomic E-state index is 13.8. The lowest BCUT2D eigenvalue weighted by Gasteiger charge is -2.53. The van der Waals surface area contributed by atoms with Crippen molar-refractivity contribution in [2.24, 2.45) is 11.8 Å². The zero-order valence-electron chi connectivity index (χ0n) is 13.2. The predicted molar refractivity (Wildman–Crippen MR) is 78.3 cm³/mol. The molecule has 1 aromatic rings. The molecule has 0 radical (unpaired) electrons. The van der Waals surface area contributed by atoms with Crippen molar-refractivity contribution < 1.29 is 27.4 Å². The summed E-state index contributed by atoms with van der Waals surface area (Å²) >= 11 is 0. The standard InChI is InChI=1S/C17H19F3O3/c1-4-22-14(21)10-13-15(11(2)3)16(23-13,17(18,19)20)12-8-6-5-7-9-12/h5-11,15H,4H2,1-3H3/t15-,16+/m1/s1. The minimum Gasteiger partial charge on any atom is -0.476 e. The van der Waals surface area contributed by atoms with Gasteiger partial charge in [-0.05, 0) is 12.8 Å². The first-order valence-corrected chi connectivity index (χ1v) is 7.43. The molecule has 0 amide bonds. The highest BCUT2D eigenvalue weighted by Gasteiger charge is 2.71. The largest absolute Gasteiger partial charge is 0.476 e. The number of halogens is 3. The lowest BCUT2D eigenvalue weighted by molar-refractivity contribution is -0.342. The number of carbonyl (C=O) groups is 1. The van der Waals surface area contributed by atoms with Crippen LogP contribution in [0.15, 0.2) is 42.2 Å². The summed E-state index contributed by atoms with van der Waals surface area (Å²) in [5.41, 5.74) is -2.40. The number of alkyl halides is 3. The first kappa shape index (κ1) is 17.4. The van der Waals surface area contributed by atoms with Crippen molar-refractivity contribution in [3.05, 3.63) is 47.7 Å². The summed E-state index contributed by atoms with van der Waals surface area (Å²) in [5.74, 6) is -2.03. The third-order valence-corrected chi connectivity index (χ3v) is 3.86. The molecule has 1 aromatic carbocycles. The van der Waals surface area contributed by atoms with E-state index in [-0.39, 0.29) is 23.8 Å². The second-order valence-electron chi connectivity index (χ2n) is 5.72. The maximum absolute atomic E-state index is 13.8. The van der Waals surface area contributed by atoms with Crippen LogP contribution in [0, 0.1) is 11.8 Å². The van der Waals surface area contributed by atoms with Gasteiger partial charge in [-0.2, -0.15) is 13.2 Å². The van der Waals surface area contributed by atoms with Crippen LogP contribution >= 0.6 is 0 Å². The number of carbonyl (C=O) groups excluding carboxylic acids is 1. The van der Waals surface area contributed by atoms with Crippen molar-refractivity contribution in [3.63, 3.8) is 0 Å². The van der Waals surface area contributed by atoms with E-state index >= 15 is 0 Å². The molecule has 23 heavy (non-hydrogen) atoms. The van der Waals surface area contributed by atoms with E-state index in [1.54, 1.807) is 26.8 Å². The monoisotopic (exact) mass is 328 g/mol. The Labute approximate surface area is 133 Å². The number of hydrogen-bond donors (Lipinski definition) is 0. The molecule has 2 atom stereocenters. The number of rotatable bonds is 4. The topological polar surface area (TPSA) is 35.5 Å². The molecule has 0 spiro atoms. The molecule has 0 saturated carbocycles. The van der Waals surface area contributed by atoms with Gasteiger partial charge >= 0.3 is 12.1 Å². The van der Waals surface area contributed by atoms with E-state index in [1.807, 2.05) is 0 Å². The smallest absolute Gasteiger partial charge is 0.433 e. The highest BCUT2D eigenvalue weighted by Crippen LogP contribution is 2.60. The van der Waals surface area contributed by atoms with Crippen LogP contribution in [-0.4, -0.2) is 18.8 Å². The zero-order chi connectivity index (χ0) is 17.3. The number of hydrogen-bond acceptors (Lipinski definition) is 3. The molecule has 1 saturated heterocycles. The molecule has 2 rings (SSSR count). The van der Waals surface area contributed by atoms with Gasteiger partial charge in [0.05, 0.1) is 18.6 Å². The van der Waals surface area contributed by atoms with Crippen LogP contribution in [-0.2, 0) is 19.9 Å². The molecular formula is C17H19F3O3. The molecule has 1 heterocycles. The van der Waals surface area contributed by atoms with E-state index in [2.05, 4.69) is 0 Å². The van der Waals surface area contributed by atoms with Crippen molar-refractivity contribution in [2.75, 3.05) is 6.61 Å². The Hall–Kier alpha value is -1.98. The summed E-state index contributed by atoms with van der Waals surface area (Å²) in [6.07, 6.45) is -3.59. The van der Waals surface area contributed by atoms with Gasteiger partial charge in [0.15, 0.2) is 0 Å². The van der Waals surface area contributed by atoms with Crippen LogP contribution in [0.5, 0.6) is 0 Å². The summed E-state index contributed by atoms with van der Waals surface area (Å²) < 4.78 is 51.5. The lowest BCUT2D eigenvalue weighted by atomic mass is 9.69. The summed E-state index contributed by atoms with van der Waals surface area (Å²) in [6.45, 7) is 5.13. The van der Waals surface area contributed by atoms with Gasteiger partial charge in [-0.15, -0.1) is 0 Å². The normalized spacial score (nSPS) is 25.9. The fourth-order valence-electron chi connectivity index (χ4n) is 2.99. The Morgan fingerprint density at radius 1 is 1.35 bits per heavy atom. The highest BCUT2D eigenvalue weighted by atomic mass is 19.4. The summed E-state index contributed by atoms with van der Waals surface area (Å²) in [7, 11) is 0. The number of benzene rings is 1. The third-order valence-electron chi connectivity index (χ3n) is 3.86. The van der Waals surface area contributed by atoms with Crippen molar-refractivity contribution in [1.82, 2.24) is 0 Å². The quantitative estimate of drug-likeness (QED) is 0.614. The SMILES string of the molecule is CCOC(=O)C=C1O[C@](c2ccccc2)(C(F)(F)F)[C@@H]1C(C)C. The number of ether oxygens (including phenoxy) is 2. The van der Waals surface area contributed by atoms with Crippen molar-refractivity contribution in [2.45, 2.75) is 32.5 Å². The van der Waals surface area contributed by atoms with Crippen LogP contribution in [0.1, 0.15) is 26.3 Å². The van der Waals surface area contributed by atoms with Gasteiger partial charge in [0.2, 0.25) is 5.60 Å². The molecule has 0 N–H and O–H groups in total. The molecule has 1 aliphatic heterocycles. The molecule has 0 unspecified atom stereocenters. The van der Waals surface area contributed by atoms with Gasteiger partial charge < -0.3 is 9.47 Å². The Morgan fingerprint density at radius 3 is 2.43 bits per heavy atom. The average molecular weight is 328 g/mol. The second kappa shape index (κ2) is 6.26. The van der Waals surface area contributed by atoms with Crippen molar-refractivity contribution >= 4 is 5.97 Å². The van der Waals surface area contributed by atoms with E-state index < -0.39 is 23.7 Å². The van der Waals surface area contributed by atoms with Crippen molar-refractivity contribution in [1.29, 1.82) is 0 Å². The van der Waals surface area contributed by atoms with Crippen molar-refractivity contribution in [3.8, 4) is 0 Å². The molecule has 3 nitrogen and oxygen atoms in total. The van der Waals surface area contributed by atoms with E-state index in [4.69, 9.17) is 9.47 Å². The van der Waals surface area contributed by atoms with Gasteiger partial charge in [0, 0.05) is 5.56 Å². The fourth-order valence-corrected chi connectivity index (χ4v) is 2.99. The minimum absolute atomic E-state index is 0.0135. The first-order valence-electron chi connectivity index (χ1n) is 7.43. The lowest BCUT2D eigenvalue weighted by Crippen LogP contribution is -2.60. The van der Waals surface area contributed by atoms with E-state index in [0.29, 0.717) is 0 Å². The zero-order valence-corrected chi connectivity index (χ0v) is 13.2. The fraction of sp³-hybridized carbons (Fsp3) is 0.471. The van der Waals surface area contributed by atoms with Crippen LogP contribution in [0.3, 0.4) is 0 Å². The van der Waals surface area contributed by atoms with E-state index in [1.165, 1.54) is 24.3 Å². The maximum Gasteiger partial charge on any atom is 0.433 e. The Kier molecular flexibility index (Phi) is 4.73. The molecule has 1 aliphatic rings. The number of esters is 1. The Balaban J connectivity index is 2.47. The van der Waals surface area contributed by atoms with Crippen LogP contribution in [0.4, 0.5) is 13.2 Å². The third kappa shape index (κ3) is 2.94. The van der Waals surface area contributed by atoms with Gasteiger partial charge in [-0.1, -0.05) is 44.2 Å². The first-order chi connectivity index (χ1) is 10.7. The van der Waals surface area contributed by atoms with Gasteiger partial charge in [0.25, 0.3) is 0 Å². The highest BCUT2D eigenvalue weighted by molar-refractivity contribution is 5.82. The summed E-state index contributed by atoms with van der Waals surface area (Å²) in [5, 5.41) is 0. The van der Waals surface area contributed by atoms with Crippen LogP contribution < -0.4 is 0 Å². The van der Waals surface area contributed by atoms with E-state index in [0.717, 1.165) is 6.08 Å².